The van der Waals surface area contributed by atoms with Crippen LogP contribution in [-0.2, 0) is 17.5 Å². The topological polar surface area (TPSA) is 57.6 Å². The molecule has 0 bridgehead atoms. The van der Waals surface area contributed by atoms with Crippen LogP contribution < -0.4 is 0 Å². The quantitative estimate of drug-likeness (QED) is 0.516. The third-order valence-corrected chi connectivity index (χ3v) is 6.51. The molecule has 2 aromatic heterocycles. The number of nitrogens with zero attached hydrogens (tertiary/aromatic N) is 1. The third kappa shape index (κ3) is 3.66. The Morgan fingerprint density at radius 3 is 2.43 bits per heavy atom. The Kier molecular flexibility index (Phi) is 5.25. The van der Waals surface area contributed by atoms with Crippen molar-refractivity contribution in [2.24, 2.45) is 0 Å². The van der Waals surface area contributed by atoms with E-state index in [2.05, 4.69) is 0 Å². The molecule has 1 N–H and O–H groups in total. The van der Waals surface area contributed by atoms with Crippen LogP contribution in [0.4, 0.5) is 13.2 Å². The number of carbonyl (C=O) groups excluding carboxylic acids is 2. The number of aliphatic hydroxyl groups excluding tert-OH is 1. The first-order valence-electron chi connectivity index (χ1n) is 8.79. The van der Waals surface area contributed by atoms with Crippen molar-refractivity contribution in [3.63, 3.8) is 0 Å². The molecule has 3 heterocycles. The molecular weight excluding hydrogens is 435 g/mol. The maximum atomic E-state index is 13.1. The van der Waals surface area contributed by atoms with Gasteiger partial charge in [0.05, 0.1) is 16.0 Å². The second-order valence-electron chi connectivity index (χ2n) is 6.62. The minimum Gasteiger partial charge on any atom is -0.503 e. The fourth-order valence-corrected chi connectivity index (χ4v) is 4.90. The van der Waals surface area contributed by atoms with E-state index < -0.39 is 35.2 Å². The summed E-state index contributed by atoms with van der Waals surface area (Å²) in [7, 11) is 0. The number of amides is 1. The van der Waals surface area contributed by atoms with E-state index in [1.54, 1.807) is 35.0 Å². The van der Waals surface area contributed by atoms with Gasteiger partial charge >= 0.3 is 6.18 Å². The van der Waals surface area contributed by atoms with Crippen molar-refractivity contribution in [2.45, 2.75) is 18.8 Å². The molecule has 0 aliphatic carbocycles. The fourth-order valence-electron chi connectivity index (χ4n) is 3.37. The highest BCUT2D eigenvalue weighted by atomic mass is 32.1. The number of thiophene rings is 2. The minimum atomic E-state index is -4.52. The van der Waals surface area contributed by atoms with Gasteiger partial charge in [-0.2, -0.15) is 13.2 Å². The second-order valence-corrected chi connectivity index (χ2v) is 8.54. The summed E-state index contributed by atoms with van der Waals surface area (Å²) in [5.41, 5.74) is -0.638. The number of alkyl halides is 3. The van der Waals surface area contributed by atoms with Crippen molar-refractivity contribution in [2.75, 3.05) is 0 Å². The molecule has 1 atom stereocenters. The molecule has 4 nitrogen and oxygen atoms in total. The number of carbonyl (C=O) groups is 2. The Hall–Kier alpha value is -2.91. The summed E-state index contributed by atoms with van der Waals surface area (Å²) in [5, 5.41) is 14.0. The molecule has 0 radical (unpaired) electrons. The number of ketones is 1. The lowest BCUT2D eigenvalue weighted by molar-refractivity contribution is -0.137. The van der Waals surface area contributed by atoms with Gasteiger partial charge in [-0.1, -0.05) is 24.3 Å². The van der Waals surface area contributed by atoms with Crippen LogP contribution >= 0.6 is 22.7 Å². The number of benzene rings is 1. The Morgan fingerprint density at radius 1 is 1.07 bits per heavy atom. The van der Waals surface area contributed by atoms with Gasteiger partial charge in [-0.05, 0) is 40.6 Å². The normalized spacial score (nSPS) is 17.1. The van der Waals surface area contributed by atoms with Crippen LogP contribution in [-0.4, -0.2) is 21.7 Å². The van der Waals surface area contributed by atoms with Gasteiger partial charge in [0.2, 0.25) is 5.78 Å². The van der Waals surface area contributed by atoms with Gasteiger partial charge in [0, 0.05) is 11.4 Å². The Bertz CT molecular complexity index is 1120. The van der Waals surface area contributed by atoms with Crippen molar-refractivity contribution in [1.82, 2.24) is 4.90 Å². The monoisotopic (exact) mass is 449 g/mol. The molecule has 1 amide bonds. The highest BCUT2D eigenvalue weighted by Gasteiger charge is 2.44. The van der Waals surface area contributed by atoms with E-state index in [9.17, 15) is 27.9 Å². The van der Waals surface area contributed by atoms with Crippen LogP contribution in [0.5, 0.6) is 0 Å². The molecule has 30 heavy (non-hydrogen) atoms. The maximum Gasteiger partial charge on any atom is 0.416 e. The molecule has 1 aliphatic rings. The summed E-state index contributed by atoms with van der Waals surface area (Å²) in [6.07, 6.45) is -4.52. The molecule has 3 aromatic rings. The number of Topliss-reactive ketones (excluding diaryl/α,β-unsaturated/α-hetero) is 1. The number of hydrogen-bond donors (Lipinski definition) is 1. The van der Waals surface area contributed by atoms with Gasteiger partial charge in [0.15, 0.2) is 5.76 Å². The summed E-state index contributed by atoms with van der Waals surface area (Å²) in [6, 6.07) is 10.5. The Balaban J connectivity index is 1.74. The van der Waals surface area contributed by atoms with Gasteiger partial charge in [-0.25, -0.2) is 0 Å². The zero-order valence-corrected chi connectivity index (χ0v) is 16.9. The van der Waals surface area contributed by atoms with Crippen LogP contribution in [0.25, 0.3) is 0 Å². The largest absolute Gasteiger partial charge is 0.503 e. The molecule has 0 fully saturated rings. The smallest absolute Gasteiger partial charge is 0.416 e. The summed E-state index contributed by atoms with van der Waals surface area (Å²) < 4.78 is 39.2. The van der Waals surface area contributed by atoms with Crippen LogP contribution in [0.1, 0.15) is 31.7 Å². The van der Waals surface area contributed by atoms with E-state index >= 15 is 0 Å². The lowest BCUT2D eigenvalue weighted by Crippen LogP contribution is -2.30. The molecule has 0 spiro atoms. The average Bonchev–Trinajstić information content (AvgIpc) is 3.45. The van der Waals surface area contributed by atoms with E-state index in [-0.39, 0.29) is 17.7 Å². The highest BCUT2D eigenvalue weighted by molar-refractivity contribution is 7.12. The molecule has 0 saturated heterocycles. The standard InChI is InChI=1S/C21H14F3NO3S2/c22-21(23,24)13-5-1-4-12(10-13)11-25-17(14-6-2-8-29-14)16(19(27)20(25)28)18(26)15-7-3-9-30-15/h1-10,17,27H,11H2. The second kappa shape index (κ2) is 7.73. The first-order chi connectivity index (χ1) is 14.3. The number of hydrogen-bond acceptors (Lipinski definition) is 5. The maximum absolute atomic E-state index is 13.1. The first kappa shape index (κ1) is 20.4. The third-order valence-electron chi connectivity index (χ3n) is 4.71. The highest BCUT2D eigenvalue weighted by Crippen LogP contribution is 2.42. The lowest BCUT2D eigenvalue weighted by atomic mass is 10.0. The first-order valence-corrected chi connectivity index (χ1v) is 10.5. The van der Waals surface area contributed by atoms with Crippen molar-refractivity contribution in [3.8, 4) is 0 Å². The van der Waals surface area contributed by atoms with E-state index in [4.69, 9.17) is 0 Å². The molecule has 154 valence electrons. The fraction of sp³-hybridized carbons (Fsp3) is 0.143. The molecular formula is C21H14F3NO3S2. The van der Waals surface area contributed by atoms with Gasteiger partial charge in [0.1, 0.15) is 6.04 Å². The van der Waals surface area contributed by atoms with Crippen LogP contribution in [0.3, 0.4) is 0 Å². The van der Waals surface area contributed by atoms with Gasteiger partial charge in [-0.3, -0.25) is 9.59 Å². The molecule has 0 saturated carbocycles. The number of halogens is 3. The zero-order chi connectivity index (χ0) is 21.5. The summed E-state index contributed by atoms with van der Waals surface area (Å²) in [4.78, 5) is 28.1. The Labute approximate surface area is 177 Å². The minimum absolute atomic E-state index is 0.0584. The molecule has 1 aromatic carbocycles. The van der Waals surface area contributed by atoms with Crippen LogP contribution in [0.15, 0.2) is 70.6 Å². The molecule has 1 aliphatic heterocycles. The van der Waals surface area contributed by atoms with Gasteiger partial charge in [-0.15, -0.1) is 22.7 Å². The molecule has 4 rings (SSSR count). The van der Waals surface area contributed by atoms with Gasteiger partial charge in [0.25, 0.3) is 5.91 Å². The number of rotatable bonds is 5. The van der Waals surface area contributed by atoms with Crippen molar-refractivity contribution < 1.29 is 27.9 Å². The zero-order valence-electron chi connectivity index (χ0n) is 15.2. The van der Waals surface area contributed by atoms with Gasteiger partial charge < -0.3 is 10.0 Å². The van der Waals surface area contributed by atoms with Crippen molar-refractivity contribution >= 4 is 34.4 Å². The van der Waals surface area contributed by atoms with E-state index in [1.807, 2.05) is 0 Å². The molecule has 9 heteroatoms. The van der Waals surface area contributed by atoms with Crippen molar-refractivity contribution in [3.05, 3.63) is 91.5 Å². The van der Waals surface area contributed by atoms with E-state index in [0.29, 0.717) is 9.75 Å². The van der Waals surface area contributed by atoms with E-state index in [1.165, 1.54) is 39.7 Å². The summed E-state index contributed by atoms with van der Waals surface area (Å²) in [6.45, 7) is -0.184. The Morgan fingerprint density at radius 2 is 1.80 bits per heavy atom. The van der Waals surface area contributed by atoms with Crippen molar-refractivity contribution in [1.29, 1.82) is 0 Å². The summed E-state index contributed by atoms with van der Waals surface area (Å²) in [5.74, 6) is -1.93. The number of aliphatic hydroxyl groups is 1. The predicted molar refractivity (Wildman–Crippen MR) is 107 cm³/mol. The van der Waals surface area contributed by atoms with E-state index in [0.717, 1.165) is 12.1 Å². The summed E-state index contributed by atoms with van der Waals surface area (Å²) >= 11 is 2.48. The lowest BCUT2D eigenvalue weighted by Gasteiger charge is -2.26. The van der Waals surface area contributed by atoms with Crippen LogP contribution in [0, 0.1) is 0 Å². The molecule has 1 unspecified atom stereocenters. The van der Waals surface area contributed by atoms with Crippen LogP contribution in [0.2, 0.25) is 0 Å². The SMILES string of the molecule is O=C(C1=C(O)C(=O)N(Cc2cccc(C(F)(F)F)c2)C1c1cccs1)c1cccs1. The predicted octanol–water partition coefficient (Wildman–Crippen LogP) is 5.61. The average molecular weight is 449 g/mol.